The third-order valence-electron chi connectivity index (χ3n) is 7.77. The number of carbonyl (C=O) groups is 3. The number of hydrogen-bond donors (Lipinski definition) is 3. The highest BCUT2D eigenvalue weighted by atomic mass is 16.5. The van der Waals surface area contributed by atoms with Crippen molar-refractivity contribution >= 4 is 23.4 Å². The fourth-order valence-electron chi connectivity index (χ4n) is 6.16. The molecule has 3 heterocycles. The summed E-state index contributed by atoms with van der Waals surface area (Å²) < 4.78 is 11.9. The van der Waals surface area contributed by atoms with E-state index in [0.29, 0.717) is 37.4 Å². The highest BCUT2D eigenvalue weighted by Crippen LogP contribution is 2.58. The van der Waals surface area contributed by atoms with Crippen molar-refractivity contribution in [1.82, 2.24) is 10.2 Å². The molecule has 0 radical (unpaired) electrons. The van der Waals surface area contributed by atoms with Gasteiger partial charge in [-0.1, -0.05) is 30.3 Å². The number of aliphatic hydroxyl groups excluding tert-OH is 1. The first-order chi connectivity index (χ1) is 17.9. The minimum absolute atomic E-state index is 0.302. The summed E-state index contributed by atoms with van der Waals surface area (Å²) in [4.78, 5) is 42.3. The van der Waals surface area contributed by atoms with Crippen LogP contribution in [0.15, 0.2) is 54.6 Å². The lowest BCUT2D eigenvalue weighted by atomic mass is 9.70. The fourth-order valence-corrected chi connectivity index (χ4v) is 6.16. The molecular weight excluding hydrogens is 474 g/mol. The molecule has 2 unspecified atom stereocenters. The van der Waals surface area contributed by atoms with E-state index in [0.717, 1.165) is 5.56 Å². The number of fused-ring (bicyclic) bond motifs is 1. The number of hydrogen-bond acceptors (Lipinski definition) is 6. The molecule has 6 atom stereocenters. The van der Waals surface area contributed by atoms with Gasteiger partial charge in [-0.2, -0.15) is 0 Å². The molecule has 3 N–H and O–H groups in total. The lowest BCUT2D eigenvalue weighted by Crippen LogP contribution is -2.57. The van der Waals surface area contributed by atoms with Crippen molar-refractivity contribution in [3.63, 3.8) is 0 Å². The Morgan fingerprint density at radius 2 is 1.89 bits per heavy atom. The third kappa shape index (κ3) is 4.36. The van der Waals surface area contributed by atoms with Gasteiger partial charge in [0.1, 0.15) is 17.4 Å². The van der Waals surface area contributed by atoms with Gasteiger partial charge in [0.05, 0.1) is 37.2 Å². The molecule has 9 nitrogen and oxygen atoms in total. The van der Waals surface area contributed by atoms with Crippen LogP contribution >= 0.6 is 0 Å². The normalized spacial score (nSPS) is 28.6. The standard InChI is InChI=1S/C28H33N3O6/c1-3-36-20-11-9-19(10-12-20)30-25(33)22-21-13-14-28(37-21)23(22)27(35)31(17(2)16-32)24(28)26(34)29-15-18-7-5-4-6-8-18/h4-12,17,21-24,32H,3,13-16H2,1-2H3,(H,29,34)(H,30,33)/t17-,21+,22-,23+,24?,28?/m1/s1. The second kappa shape index (κ2) is 10.1. The average molecular weight is 508 g/mol. The molecule has 3 saturated heterocycles. The van der Waals surface area contributed by atoms with Gasteiger partial charge >= 0.3 is 0 Å². The van der Waals surface area contributed by atoms with Crippen LogP contribution in [0.5, 0.6) is 5.75 Å². The van der Waals surface area contributed by atoms with Gasteiger partial charge in [-0.25, -0.2) is 0 Å². The lowest BCUT2D eigenvalue weighted by Gasteiger charge is -2.35. The number of nitrogens with one attached hydrogen (secondary N) is 2. The number of likely N-dealkylation sites (tertiary alicyclic amines) is 1. The maximum absolute atomic E-state index is 13.8. The van der Waals surface area contributed by atoms with Gasteiger partial charge in [0.2, 0.25) is 17.7 Å². The molecule has 3 aliphatic heterocycles. The summed E-state index contributed by atoms with van der Waals surface area (Å²) in [7, 11) is 0. The van der Waals surface area contributed by atoms with E-state index in [9.17, 15) is 19.5 Å². The van der Waals surface area contributed by atoms with Crippen molar-refractivity contribution in [1.29, 1.82) is 0 Å². The number of ether oxygens (including phenoxy) is 2. The van der Waals surface area contributed by atoms with Gasteiger partial charge in [0, 0.05) is 12.2 Å². The Bertz CT molecular complexity index is 1160. The van der Waals surface area contributed by atoms with E-state index in [2.05, 4.69) is 10.6 Å². The number of benzene rings is 2. The van der Waals surface area contributed by atoms with E-state index in [1.54, 1.807) is 31.2 Å². The van der Waals surface area contributed by atoms with Crippen LogP contribution in [-0.2, 0) is 25.7 Å². The maximum atomic E-state index is 13.8. The molecule has 9 heteroatoms. The first kappa shape index (κ1) is 25.2. The molecule has 0 saturated carbocycles. The van der Waals surface area contributed by atoms with Crippen molar-refractivity contribution in [2.75, 3.05) is 18.5 Å². The van der Waals surface area contributed by atoms with E-state index in [1.807, 2.05) is 37.3 Å². The summed E-state index contributed by atoms with van der Waals surface area (Å²) in [5.74, 6) is -1.80. The summed E-state index contributed by atoms with van der Waals surface area (Å²) in [6.45, 7) is 4.15. The minimum atomic E-state index is -1.10. The number of anilines is 1. The molecule has 2 bridgehead atoms. The molecule has 0 aliphatic carbocycles. The molecule has 196 valence electrons. The Kier molecular flexibility index (Phi) is 6.92. The van der Waals surface area contributed by atoms with Gasteiger partial charge < -0.3 is 30.1 Å². The quantitative estimate of drug-likeness (QED) is 0.479. The molecule has 3 aliphatic rings. The summed E-state index contributed by atoms with van der Waals surface area (Å²) in [6, 6.07) is 15.0. The van der Waals surface area contributed by atoms with Crippen LogP contribution in [0.3, 0.4) is 0 Å². The fraction of sp³-hybridized carbons (Fsp3) is 0.464. The Hall–Kier alpha value is -3.43. The van der Waals surface area contributed by atoms with Crippen molar-refractivity contribution < 1.29 is 29.0 Å². The van der Waals surface area contributed by atoms with Gasteiger partial charge in [-0.3, -0.25) is 14.4 Å². The SMILES string of the molecule is CCOc1ccc(NC(=O)[C@@H]2[C@@H]3CCC4(O3)C(C(=O)NCc3ccccc3)N([C@H](C)CO)C(=O)[C@H]24)cc1. The highest BCUT2D eigenvalue weighted by Gasteiger charge is 2.74. The van der Waals surface area contributed by atoms with Crippen LogP contribution in [-0.4, -0.2) is 64.7 Å². The van der Waals surface area contributed by atoms with E-state index in [4.69, 9.17) is 9.47 Å². The molecule has 37 heavy (non-hydrogen) atoms. The van der Waals surface area contributed by atoms with Gasteiger partial charge in [0.15, 0.2) is 0 Å². The molecule has 5 rings (SSSR count). The zero-order valence-corrected chi connectivity index (χ0v) is 21.1. The van der Waals surface area contributed by atoms with Crippen LogP contribution in [0.2, 0.25) is 0 Å². The average Bonchev–Trinajstić information content (AvgIpc) is 3.56. The highest BCUT2D eigenvalue weighted by molar-refractivity contribution is 6.02. The zero-order chi connectivity index (χ0) is 26.2. The Morgan fingerprint density at radius 1 is 1.16 bits per heavy atom. The summed E-state index contributed by atoms with van der Waals surface area (Å²) in [5.41, 5.74) is 0.418. The first-order valence-corrected chi connectivity index (χ1v) is 12.9. The van der Waals surface area contributed by atoms with Gasteiger partial charge in [0.25, 0.3) is 0 Å². The second-order valence-electron chi connectivity index (χ2n) is 9.98. The second-order valence-corrected chi connectivity index (χ2v) is 9.98. The number of nitrogens with zero attached hydrogens (tertiary/aromatic N) is 1. The van der Waals surface area contributed by atoms with Crippen LogP contribution in [0, 0.1) is 11.8 Å². The van der Waals surface area contributed by atoms with Crippen LogP contribution in [0.1, 0.15) is 32.3 Å². The largest absolute Gasteiger partial charge is 0.494 e. The molecular formula is C28H33N3O6. The number of rotatable bonds is 9. The van der Waals surface area contributed by atoms with Crippen molar-refractivity contribution in [2.45, 2.75) is 57.0 Å². The van der Waals surface area contributed by atoms with Crippen molar-refractivity contribution in [2.24, 2.45) is 11.8 Å². The van der Waals surface area contributed by atoms with E-state index >= 15 is 0 Å². The Labute approximate surface area is 216 Å². The smallest absolute Gasteiger partial charge is 0.246 e. The summed E-state index contributed by atoms with van der Waals surface area (Å²) in [5, 5.41) is 15.8. The molecule has 0 aromatic heterocycles. The van der Waals surface area contributed by atoms with Crippen molar-refractivity contribution in [3.8, 4) is 5.75 Å². The number of carbonyl (C=O) groups excluding carboxylic acids is 3. The van der Waals surface area contributed by atoms with Crippen molar-refractivity contribution in [3.05, 3.63) is 60.2 Å². The molecule has 3 amide bonds. The predicted octanol–water partition coefficient (Wildman–Crippen LogP) is 2.10. The monoisotopic (exact) mass is 507 g/mol. The third-order valence-corrected chi connectivity index (χ3v) is 7.77. The lowest BCUT2D eigenvalue weighted by molar-refractivity contribution is -0.144. The maximum Gasteiger partial charge on any atom is 0.246 e. The van der Waals surface area contributed by atoms with Crippen LogP contribution < -0.4 is 15.4 Å². The summed E-state index contributed by atoms with van der Waals surface area (Å²) in [6.07, 6.45) is 0.626. The number of aliphatic hydroxyl groups is 1. The predicted molar refractivity (Wildman–Crippen MR) is 136 cm³/mol. The number of amides is 3. The van der Waals surface area contributed by atoms with Gasteiger partial charge in [-0.15, -0.1) is 0 Å². The van der Waals surface area contributed by atoms with E-state index in [1.165, 1.54) is 4.90 Å². The molecule has 2 aromatic carbocycles. The molecule has 1 spiro atoms. The molecule has 3 fully saturated rings. The minimum Gasteiger partial charge on any atom is -0.494 e. The summed E-state index contributed by atoms with van der Waals surface area (Å²) >= 11 is 0. The first-order valence-electron chi connectivity index (χ1n) is 12.9. The molecule has 2 aromatic rings. The van der Waals surface area contributed by atoms with Gasteiger partial charge in [-0.05, 0) is 56.5 Å². The Morgan fingerprint density at radius 3 is 2.57 bits per heavy atom. The Balaban J connectivity index is 1.39. The van der Waals surface area contributed by atoms with Crippen LogP contribution in [0.25, 0.3) is 0 Å². The topological polar surface area (TPSA) is 117 Å². The van der Waals surface area contributed by atoms with E-state index in [-0.39, 0.29) is 24.3 Å². The zero-order valence-electron chi connectivity index (χ0n) is 21.1. The van der Waals surface area contributed by atoms with Crippen LogP contribution in [0.4, 0.5) is 5.69 Å². The van der Waals surface area contributed by atoms with E-state index < -0.39 is 35.6 Å².